The monoisotopic (exact) mass is 298 g/mol. The van der Waals surface area contributed by atoms with Gasteiger partial charge in [-0.25, -0.2) is 4.79 Å². The Morgan fingerprint density at radius 1 is 1.50 bits per heavy atom. The van der Waals surface area contributed by atoms with Crippen LogP contribution in [0.2, 0.25) is 5.02 Å². The topological polar surface area (TPSA) is 88.7 Å². The van der Waals surface area contributed by atoms with Gasteiger partial charge in [0.25, 0.3) is 0 Å². The number of halogens is 1. The first-order valence-corrected chi connectivity index (χ1v) is 6.71. The Labute approximate surface area is 123 Å². The molecule has 4 N–H and O–H groups in total. The molecular weight excluding hydrogens is 280 g/mol. The van der Waals surface area contributed by atoms with Crippen molar-refractivity contribution in [3.63, 3.8) is 0 Å². The number of carbonyl (C=O) groups excluding carboxylic acids is 1. The van der Waals surface area contributed by atoms with Crippen LogP contribution in [0.1, 0.15) is 25.3 Å². The average Bonchev–Trinajstić information content (AvgIpc) is 2.39. The van der Waals surface area contributed by atoms with Gasteiger partial charge in [0.2, 0.25) is 5.96 Å². The van der Waals surface area contributed by atoms with Crippen molar-refractivity contribution in [1.29, 1.82) is 0 Å². The molecule has 0 heterocycles. The summed E-state index contributed by atoms with van der Waals surface area (Å²) in [5, 5.41) is 9.00. The summed E-state index contributed by atoms with van der Waals surface area (Å²) in [7, 11) is 0. The number of guanidine groups is 1. The maximum Gasteiger partial charge on any atom is 0.326 e. The highest BCUT2D eigenvalue weighted by Crippen LogP contribution is 2.24. The maximum absolute atomic E-state index is 11.7. The summed E-state index contributed by atoms with van der Waals surface area (Å²) in [4.78, 5) is 16.6. The fourth-order valence-electron chi connectivity index (χ4n) is 1.40. The molecule has 0 atom stereocenters. The molecule has 0 aliphatic carbocycles. The van der Waals surface area contributed by atoms with E-state index < -0.39 is 6.03 Å². The summed E-state index contributed by atoms with van der Waals surface area (Å²) in [6.45, 7) is 4.34. The second-order valence-corrected chi connectivity index (χ2v) is 4.58. The van der Waals surface area contributed by atoms with Gasteiger partial charge in [0.1, 0.15) is 6.61 Å². The minimum atomic E-state index is -0.526. The van der Waals surface area contributed by atoms with Crippen LogP contribution in [0.3, 0.4) is 0 Å². The summed E-state index contributed by atoms with van der Waals surface area (Å²) in [6, 6.07) is 4.81. The molecule has 20 heavy (non-hydrogen) atoms. The van der Waals surface area contributed by atoms with E-state index in [4.69, 9.17) is 22.2 Å². The second kappa shape index (κ2) is 8.27. The van der Waals surface area contributed by atoms with Gasteiger partial charge in [-0.05, 0) is 30.1 Å². The molecule has 0 fully saturated rings. The molecule has 0 saturated carbocycles. The van der Waals surface area contributed by atoms with E-state index >= 15 is 0 Å². The van der Waals surface area contributed by atoms with Gasteiger partial charge < -0.3 is 15.9 Å². The number of nitrogens with two attached hydrogens (primary N) is 1. The van der Waals surface area contributed by atoms with Crippen LogP contribution >= 0.6 is 11.6 Å². The van der Waals surface area contributed by atoms with Crippen LogP contribution in [-0.4, -0.2) is 18.6 Å². The Morgan fingerprint density at radius 2 is 2.25 bits per heavy atom. The molecule has 1 aromatic rings. The van der Waals surface area contributed by atoms with Gasteiger partial charge in [0, 0.05) is 0 Å². The van der Waals surface area contributed by atoms with Crippen molar-refractivity contribution in [3.8, 4) is 0 Å². The van der Waals surface area contributed by atoms with Crippen molar-refractivity contribution in [2.24, 2.45) is 10.9 Å². The lowest BCUT2D eigenvalue weighted by molar-refractivity contribution is 0.140. The molecule has 7 heteroatoms. The SMILES string of the molecule is CCCCON=C(N)NC(=O)Nc1c(C)cccc1Cl. The molecule has 1 rings (SSSR count). The van der Waals surface area contributed by atoms with E-state index in [-0.39, 0.29) is 5.96 Å². The number of benzene rings is 1. The fourth-order valence-corrected chi connectivity index (χ4v) is 1.67. The summed E-state index contributed by atoms with van der Waals surface area (Å²) < 4.78 is 0. The smallest absolute Gasteiger partial charge is 0.326 e. The molecule has 110 valence electrons. The largest absolute Gasteiger partial charge is 0.393 e. The van der Waals surface area contributed by atoms with Gasteiger partial charge in [0.05, 0.1) is 10.7 Å². The number of urea groups is 1. The summed E-state index contributed by atoms with van der Waals surface area (Å²) >= 11 is 6.00. The summed E-state index contributed by atoms with van der Waals surface area (Å²) in [5.41, 5.74) is 6.89. The van der Waals surface area contributed by atoms with Crippen molar-refractivity contribution in [2.75, 3.05) is 11.9 Å². The summed E-state index contributed by atoms with van der Waals surface area (Å²) in [6.07, 6.45) is 1.87. The zero-order chi connectivity index (χ0) is 15.0. The standard InChI is InChI=1S/C13H19ClN4O2/c1-3-4-8-20-18-12(15)17-13(19)16-11-9(2)6-5-7-10(11)14/h5-7H,3-4,8H2,1-2H3,(H4,15,16,17,18,19). The van der Waals surface area contributed by atoms with E-state index in [1.54, 1.807) is 12.1 Å². The Morgan fingerprint density at radius 3 is 2.90 bits per heavy atom. The van der Waals surface area contributed by atoms with Crippen LogP contribution in [0, 0.1) is 6.92 Å². The lowest BCUT2D eigenvalue weighted by Gasteiger charge is -2.10. The minimum absolute atomic E-state index is 0.108. The fraction of sp³-hybridized carbons (Fsp3) is 0.385. The molecule has 0 radical (unpaired) electrons. The quantitative estimate of drug-likeness (QED) is 0.338. The average molecular weight is 299 g/mol. The first-order chi connectivity index (χ1) is 9.54. The first kappa shape index (κ1) is 16.1. The van der Waals surface area contributed by atoms with Crippen molar-refractivity contribution in [2.45, 2.75) is 26.7 Å². The van der Waals surface area contributed by atoms with E-state index in [2.05, 4.69) is 15.8 Å². The van der Waals surface area contributed by atoms with Crippen LogP contribution in [0.25, 0.3) is 0 Å². The number of nitrogens with zero attached hydrogens (tertiary/aromatic N) is 1. The molecular formula is C13H19ClN4O2. The van der Waals surface area contributed by atoms with E-state index in [0.717, 1.165) is 18.4 Å². The molecule has 0 aliphatic heterocycles. The molecule has 0 spiro atoms. The van der Waals surface area contributed by atoms with Gasteiger partial charge in [-0.3, -0.25) is 5.32 Å². The lowest BCUT2D eigenvalue weighted by atomic mass is 10.2. The number of hydrogen-bond donors (Lipinski definition) is 3. The predicted octanol–water partition coefficient (Wildman–Crippen LogP) is 2.82. The van der Waals surface area contributed by atoms with E-state index in [1.807, 2.05) is 19.9 Å². The van der Waals surface area contributed by atoms with E-state index in [0.29, 0.717) is 17.3 Å². The molecule has 6 nitrogen and oxygen atoms in total. The Balaban J connectivity index is 2.51. The molecule has 0 unspecified atom stereocenters. The first-order valence-electron chi connectivity index (χ1n) is 6.33. The third-order valence-electron chi connectivity index (χ3n) is 2.45. The zero-order valence-corrected chi connectivity index (χ0v) is 12.3. The van der Waals surface area contributed by atoms with Crippen LogP contribution in [0.5, 0.6) is 0 Å². The highest BCUT2D eigenvalue weighted by Gasteiger charge is 2.08. The van der Waals surface area contributed by atoms with Gasteiger partial charge in [0.15, 0.2) is 0 Å². The highest BCUT2D eigenvalue weighted by molar-refractivity contribution is 6.34. The molecule has 0 aliphatic rings. The van der Waals surface area contributed by atoms with Crippen LogP contribution < -0.4 is 16.4 Å². The number of unbranched alkanes of at least 4 members (excludes halogenated alkanes) is 1. The Hall–Kier alpha value is -1.95. The van der Waals surface area contributed by atoms with Crippen molar-refractivity contribution < 1.29 is 9.63 Å². The summed E-state index contributed by atoms with van der Waals surface area (Å²) in [5.74, 6) is -0.108. The predicted molar refractivity (Wildman–Crippen MR) is 80.8 cm³/mol. The number of hydrogen-bond acceptors (Lipinski definition) is 3. The number of rotatable bonds is 5. The van der Waals surface area contributed by atoms with Gasteiger partial charge >= 0.3 is 6.03 Å². The van der Waals surface area contributed by atoms with Crippen LogP contribution in [0.4, 0.5) is 10.5 Å². The number of amides is 2. The van der Waals surface area contributed by atoms with E-state index in [9.17, 15) is 4.79 Å². The molecule has 0 aromatic heterocycles. The van der Waals surface area contributed by atoms with Gasteiger partial charge in [-0.2, -0.15) is 0 Å². The van der Waals surface area contributed by atoms with Crippen molar-refractivity contribution in [3.05, 3.63) is 28.8 Å². The van der Waals surface area contributed by atoms with Gasteiger partial charge in [-0.1, -0.05) is 37.1 Å². The molecule has 0 bridgehead atoms. The Bertz CT molecular complexity index is 471. The van der Waals surface area contributed by atoms with Crippen molar-refractivity contribution >= 4 is 29.3 Å². The zero-order valence-electron chi connectivity index (χ0n) is 11.6. The van der Waals surface area contributed by atoms with Crippen molar-refractivity contribution in [1.82, 2.24) is 5.32 Å². The van der Waals surface area contributed by atoms with Crippen LogP contribution in [0.15, 0.2) is 23.4 Å². The number of para-hydroxylation sites is 1. The lowest BCUT2D eigenvalue weighted by Crippen LogP contribution is -2.39. The van der Waals surface area contributed by atoms with E-state index in [1.165, 1.54) is 0 Å². The molecule has 1 aromatic carbocycles. The highest BCUT2D eigenvalue weighted by atomic mass is 35.5. The minimum Gasteiger partial charge on any atom is -0.393 e. The third kappa shape index (κ3) is 5.36. The Kier molecular flexibility index (Phi) is 6.66. The number of carbonyl (C=O) groups is 1. The third-order valence-corrected chi connectivity index (χ3v) is 2.77. The van der Waals surface area contributed by atoms with Gasteiger partial charge in [-0.15, -0.1) is 0 Å². The number of anilines is 1. The number of nitrogens with one attached hydrogen (secondary N) is 2. The number of oxime groups is 1. The molecule has 0 saturated heterocycles. The normalized spacial score (nSPS) is 11.1. The number of aryl methyl sites for hydroxylation is 1. The second-order valence-electron chi connectivity index (χ2n) is 4.17. The maximum atomic E-state index is 11.7. The molecule has 2 amide bonds. The van der Waals surface area contributed by atoms with Crippen LogP contribution in [-0.2, 0) is 4.84 Å².